The highest BCUT2D eigenvalue weighted by molar-refractivity contribution is 9.10. The van der Waals surface area contributed by atoms with Crippen molar-refractivity contribution in [2.75, 3.05) is 5.75 Å². The molecule has 0 unspecified atom stereocenters. The molecule has 0 aliphatic rings. The monoisotopic (exact) mass is 250 g/mol. The van der Waals surface area contributed by atoms with Crippen LogP contribution in [0, 0.1) is 0 Å². The highest BCUT2D eigenvalue weighted by Gasteiger charge is 2.09. The van der Waals surface area contributed by atoms with Crippen LogP contribution in [0.3, 0.4) is 0 Å². The normalized spacial score (nSPS) is 10.0. The van der Waals surface area contributed by atoms with Gasteiger partial charge in [0.05, 0.1) is 5.56 Å². The number of thiophene rings is 1. The van der Waals surface area contributed by atoms with Crippen LogP contribution in [0.1, 0.15) is 17.3 Å². The molecule has 0 aliphatic carbocycles. The van der Waals surface area contributed by atoms with Gasteiger partial charge in [0.2, 0.25) is 5.12 Å². The first kappa shape index (κ1) is 9.29. The van der Waals surface area contributed by atoms with Crippen molar-refractivity contribution in [3.8, 4) is 0 Å². The van der Waals surface area contributed by atoms with Crippen LogP contribution in [0.4, 0.5) is 0 Å². The Labute approximate surface area is 82.3 Å². The fourth-order valence-electron chi connectivity index (χ4n) is 0.636. The third-order valence-electron chi connectivity index (χ3n) is 1.11. The molecule has 0 aliphatic heterocycles. The van der Waals surface area contributed by atoms with Crippen LogP contribution in [0.5, 0.6) is 0 Å². The van der Waals surface area contributed by atoms with Gasteiger partial charge in [-0.1, -0.05) is 18.7 Å². The molecule has 0 spiro atoms. The number of halogens is 1. The molecule has 1 nitrogen and oxygen atoms in total. The summed E-state index contributed by atoms with van der Waals surface area (Å²) >= 11 is 6.19. The predicted molar refractivity (Wildman–Crippen MR) is 54.5 cm³/mol. The number of carbonyl (C=O) groups excluding carboxylic acids is 1. The summed E-state index contributed by atoms with van der Waals surface area (Å²) in [6.07, 6.45) is 0. The van der Waals surface area contributed by atoms with Gasteiger partial charge in [-0.05, 0) is 21.7 Å². The van der Waals surface area contributed by atoms with Crippen LogP contribution >= 0.6 is 39.0 Å². The third-order valence-corrected chi connectivity index (χ3v) is 3.58. The second kappa shape index (κ2) is 4.28. The summed E-state index contributed by atoms with van der Waals surface area (Å²) in [5.41, 5.74) is 0.793. The molecule has 1 heterocycles. The summed E-state index contributed by atoms with van der Waals surface area (Å²) in [7, 11) is 0. The van der Waals surface area contributed by atoms with Gasteiger partial charge in [0.1, 0.15) is 0 Å². The summed E-state index contributed by atoms with van der Waals surface area (Å²) in [6.45, 7) is 1.98. The lowest BCUT2D eigenvalue weighted by Crippen LogP contribution is -1.91. The Bertz CT molecular complexity index is 257. The van der Waals surface area contributed by atoms with Crippen LogP contribution in [0.2, 0.25) is 0 Å². The first-order chi connectivity index (χ1) is 5.25. The summed E-state index contributed by atoms with van der Waals surface area (Å²) in [5, 5.41) is 3.94. The maximum absolute atomic E-state index is 11.3. The van der Waals surface area contributed by atoms with E-state index in [1.807, 2.05) is 17.7 Å². The molecule has 0 N–H and O–H groups in total. The molecule has 0 amide bonds. The van der Waals surface area contributed by atoms with E-state index in [2.05, 4.69) is 15.9 Å². The Morgan fingerprint density at radius 3 is 2.91 bits per heavy atom. The predicted octanol–water partition coefficient (Wildman–Crippen LogP) is 3.40. The first-order valence-corrected chi connectivity index (χ1v) is 5.86. The van der Waals surface area contributed by atoms with Gasteiger partial charge in [0, 0.05) is 15.2 Å². The molecule has 0 fully saturated rings. The third kappa shape index (κ3) is 2.32. The number of carbonyl (C=O) groups is 1. The van der Waals surface area contributed by atoms with E-state index in [0.29, 0.717) is 0 Å². The number of hydrogen-bond acceptors (Lipinski definition) is 3. The fraction of sp³-hybridized carbons (Fsp3) is 0.286. The van der Waals surface area contributed by atoms with E-state index in [4.69, 9.17) is 0 Å². The SMILES string of the molecule is CCSC(=O)c1cscc1Br. The zero-order valence-electron chi connectivity index (χ0n) is 5.96. The lowest BCUT2D eigenvalue weighted by molar-refractivity contribution is 0.108. The van der Waals surface area contributed by atoms with Crippen molar-refractivity contribution in [1.29, 1.82) is 0 Å². The van der Waals surface area contributed by atoms with E-state index in [9.17, 15) is 4.79 Å². The number of rotatable bonds is 2. The van der Waals surface area contributed by atoms with Crippen molar-refractivity contribution in [3.05, 3.63) is 20.8 Å². The van der Waals surface area contributed by atoms with Crippen LogP contribution in [-0.2, 0) is 0 Å². The highest BCUT2D eigenvalue weighted by Crippen LogP contribution is 2.25. The lowest BCUT2D eigenvalue weighted by Gasteiger charge is -1.93. The summed E-state index contributed by atoms with van der Waals surface area (Å²) < 4.78 is 0.911. The van der Waals surface area contributed by atoms with Gasteiger partial charge < -0.3 is 0 Å². The second-order valence-corrected chi connectivity index (χ2v) is 4.69. The largest absolute Gasteiger partial charge is 0.281 e. The minimum atomic E-state index is 0.153. The van der Waals surface area contributed by atoms with Crippen molar-refractivity contribution in [2.24, 2.45) is 0 Å². The number of hydrogen-bond donors (Lipinski definition) is 0. The average molecular weight is 251 g/mol. The van der Waals surface area contributed by atoms with E-state index in [1.54, 1.807) is 0 Å². The summed E-state index contributed by atoms with van der Waals surface area (Å²) in [6, 6.07) is 0. The summed E-state index contributed by atoms with van der Waals surface area (Å²) in [5.74, 6) is 0.834. The number of thioether (sulfide) groups is 1. The summed E-state index contributed by atoms with van der Waals surface area (Å²) in [4.78, 5) is 11.3. The van der Waals surface area contributed by atoms with Crippen molar-refractivity contribution in [1.82, 2.24) is 0 Å². The molecular formula is C7H7BrOS2. The zero-order valence-corrected chi connectivity index (χ0v) is 9.18. The Morgan fingerprint density at radius 1 is 1.73 bits per heavy atom. The molecule has 4 heteroatoms. The van der Waals surface area contributed by atoms with Gasteiger partial charge in [-0.2, -0.15) is 11.3 Å². The van der Waals surface area contributed by atoms with Crippen LogP contribution < -0.4 is 0 Å². The van der Waals surface area contributed by atoms with Gasteiger partial charge in [-0.3, -0.25) is 4.79 Å². The van der Waals surface area contributed by atoms with Crippen molar-refractivity contribution < 1.29 is 4.79 Å². The maximum Gasteiger partial charge on any atom is 0.221 e. The van der Waals surface area contributed by atoms with Crippen LogP contribution in [0.15, 0.2) is 15.2 Å². The van der Waals surface area contributed by atoms with E-state index in [1.165, 1.54) is 23.1 Å². The molecule has 1 rings (SSSR count). The van der Waals surface area contributed by atoms with E-state index in [-0.39, 0.29) is 5.12 Å². The Morgan fingerprint density at radius 2 is 2.45 bits per heavy atom. The highest BCUT2D eigenvalue weighted by atomic mass is 79.9. The van der Waals surface area contributed by atoms with Crippen molar-refractivity contribution in [2.45, 2.75) is 6.92 Å². The standard InChI is InChI=1S/C7H7BrOS2/c1-2-11-7(9)5-3-10-4-6(5)8/h3-4H,2H2,1H3. The van der Waals surface area contributed by atoms with Gasteiger partial charge in [0.15, 0.2) is 0 Å². The van der Waals surface area contributed by atoms with Gasteiger partial charge >= 0.3 is 0 Å². The first-order valence-electron chi connectivity index (χ1n) is 3.14. The minimum absolute atomic E-state index is 0.153. The molecule has 1 aromatic rings. The molecule has 0 atom stereocenters. The van der Waals surface area contributed by atoms with E-state index < -0.39 is 0 Å². The lowest BCUT2D eigenvalue weighted by atomic mass is 10.4. The smallest absolute Gasteiger partial charge is 0.221 e. The second-order valence-electron chi connectivity index (χ2n) is 1.85. The van der Waals surface area contributed by atoms with Crippen LogP contribution in [-0.4, -0.2) is 10.9 Å². The molecular weight excluding hydrogens is 244 g/mol. The minimum Gasteiger partial charge on any atom is -0.281 e. The van der Waals surface area contributed by atoms with Crippen molar-refractivity contribution in [3.63, 3.8) is 0 Å². The van der Waals surface area contributed by atoms with Crippen molar-refractivity contribution >= 4 is 44.1 Å². The maximum atomic E-state index is 11.3. The molecule has 11 heavy (non-hydrogen) atoms. The van der Waals surface area contributed by atoms with E-state index in [0.717, 1.165) is 15.8 Å². The molecule has 0 aromatic carbocycles. The molecule has 0 saturated heterocycles. The molecule has 0 bridgehead atoms. The molecule has 0 radical (unpaired) electrons. The van der Waals surface area contributed by atoms with E-state index >= 15 is 0 Å². The topological polar surface area (TPSA) is 17.1 Å². The average Bonchev–Trinajstić information content (AvgIpc) is 2.36. The van der Waals surface area contributed by atoms with Gasteiger partial charge in [0.25, 0.3) is 0 Å². The molecule has 0 saturated carbocycles. The fourth-order valence-corrected chi connectivity index (χ4v) is 2.88. The Hall–Kier alpha value is 0.200. The van der Waals surface area contributed by atoms with Crippen LogP contribution in [0.25, 0.3) is 0 Å². The Balaban J connectivity index is 2.76. The molecule has 60 valence electrons. The molecule has 1 aromatic heterocycles. The zero-order chi connectivity index (χ0) is 8.27. The van der Waals surface area contributed by atoms with Gasteiger partial charge in [-0.15, -0.1) is 0 Å². The quantitative estimate of drug-likeness (QED) is 0.801. The Kier molecular flexibility index (Phi) is 3.62. The van der Waals surface area contributed by atoms with Gasteiger partial charge in [-0.25, -0.2) is 0 Å².